The third kappa shape index (κ3) is 2.17. The summed E-state index contributed by atoms with van der Waals surface area (Å²) in [5.41, 5.74) is 11.4. The predicted molar refractivity (Wildman–Crippen MR) is 71.7 cm³/mol. The second-order valence-electron chi connectivity index (χ2n) is 4.53. The SMILES string of the molecule is Cc1c(C)c([C@H](O)[C@@H](C)N)c(C)c(C)c1Br. The first kappa shape index (κ1) is 13.7. The third-order valence-corrected chi connectivity index (χ3v) is 4.57. The van der Waals surface area contributed by atoms with Crippen molar-refractivity contribution in [3.8, 4) is 0 Å². The summed E-state index contributed by atoms with van der Waals surface area (Å²) in [4.78, 5) is 0. The van der Waals surface area contributed by atoms with Crippen molar-refractivity contribution in [2.75, 3.05) is 0 Å². The second-order valence-corrected chi connectivity index (χ2v) is 5.32. The summed E-state index contributed by atoms with van der Waals surface area (Å²) < 4.78 is 1.13. The van der Waals surface area contributed by atoms with Crippen LogP contribution in [0.15, 0.2) is 4.47 Å². The third-order valence-electron chi connectivity index (χ3n) is 3.39. The number of aliphatic hydroxyl groups excluding tert-OH is 1. The lowest BCUT2D eigenvalue weighted by Crippen LogP contribution is -2.26. The van der Waals surface area contributed by atoms with Crippen LogP contribution in [0.4, 0.5) is 0 Å². The van der Waals surface area contributed by atoms with Crippen LogP contribution in [0.5, 0.6) is 0 Å². The molecule has 0 spiro atoms. The molecule has 0 fully saturated rings. The first-order chi connectivity index (χ1) is 7.29. The van der Waals surface area contributed by atoms with Gasteiger partial charge in [0.1, 0.15) is 0 Å². The maximum Gasteiger partial charge on any atom is 0.0943 e. The quantitative estimate of drug-likeness (QED) is 0.877. The van der Waals surface area contributed by atoms with E-state index >= 15 is 0 Å². The Hall–Kier alpha value is -0.380. The monoisotopic (exact) mass is 285 g/mol. The van der Waals surface area contributed by atoms with E-state index in [0.717, 1.165) is 21.2 Å². The molecule has 0 aliphatic heterocycles. The highest BCUT2D eigenvalue weighted by molar-refractivity contribution is 9.10. The number of hydrogen-bond acceptors (Lipinski definition) is 2. The van der Waals surface area contributed by atoms with Crippen LogP contribution in [0.2, 0.25) is 0 Å². The van der Waals surface area contributed by atoms with E-state index in [9.17, 15) is 5.11 Å². The topological polar surface area (TPSA) is 46.2 Å². The fourth-order valence-corrected chi connectivity index (χ4v) is 2.60. The summed E-state index contributed by atoms with van der Waals surface area (Å²) in [5.74, 6) is 0. The van der Waals surface area contributed by atoms with Crippen LogP contribution < -0.4 is 5.73 Å². The molecule has 1 aromatic rings. The van der Waals surface area contributed by atoms with E-state index in [1.54, 1.807) is 0 Å². The normalized spacial score (nSPS) is 15.0. The van der Waals surface area contributed by atoms with Gasteiger partial charge in [0.2, 0.25) is 0 Å². The van der Waals surface area contributed by atoms with Gasteiger partial charge in [-0.15, -0.1) is 0 Å². The minimum atomic E-state index is -0.592. The number of halogens is 1. The maximum atomic E-state index is 10.2. The Kier molecular flexibility index (Phi) is 4.16. The highest BCUT2D eigenvalue weighted by Gasteiger charge is 2.21. The Morgan fingerprint density at radius 2 is 1.38 bits per heavy atom. The molecule has 0 unspecified atom stereocenters. The molecule has 1 aromatic carbocycles. The van der Waals surface area contributed by atoms with E-state index < -0.39 is 6.10 Å². The predicted octanol–water partition coefficient (Wildman–Crippen LogP) is 3.06. The molecule has 16 heavy (non-hydrogen) atoms. The van der Waals surface area contributed by atoms with Gasteiger partial charge in [-0.2, -0.15) is 0 Å². The van der Waals surface area contributed by atoms with E-state index in [1.807, 2.05) is 20.8 Å². The number of nitrogens with two attached hydrogens (primary N) is 1. The Labute approximate surface area is 106 Å². The molecule has 0 saturated carbocycles. The summed E-state index contributed by atoms with van der Waals surface area (Å²) in [6.45, 7) is 10.0. The second kappa shape index (κ2) is 4.86. The van der Waals surface area contributed by atoms with E-state index in [0.29, 0.717) is 0 Å². The van der Waals surface area contributed by atoms with Gasteiger partial charge < -0.3 is 10.8 Å². The Morgan fingerprint density at radius 3 is 1.69 bits per heavy atom. The zero-order chi connectivity index (χ0) is 12.6. The molecule has 2 atom stereocenters. The molecule has 0 heterocycles. The Morgan fingerprint density at radius 1 is 1.00 bits per heavy atom. The number of hydrogen-bond donors (Lipinski definition) is 2. The molecule has 0 bridgehead atoms. The van der Waals surface area contributed by atoms with Crippen molar-refractivity contribution in [3.05, 3.63) is 32.3 Å². The van der Waals surface area contributed by atoms with Crippen LogP contribution in [0.25, 0.3) is 0 Å². The van der Waals surface area contributed by atoms with Gasteiger partial charge in [0, 0.05) is 10.5 Å². The number of aliphatic hydroxyl groups is 1. The summed E-state index contributed by atoms with van der Waals surface area (Å²) in [6.07, 6.45) is -0.592. The van der Waals surface area contributed by atoms with Gasteiger partial charge in [0.05, 0.1) is 6.10 Å². The summed E-state index contributed by atoms with van der Waals surface area (Å²) in [5, 5.41) is 10.2. The molecule has 90 valence electrons. The molecule has 0 aromatic heterocycles. The van der Waals surface area contributed by atoms with Gasteiger partial charge in [-0.25, -0.2) is 0 Å². The zero-order valence-corrected chi connectivity index (χ0v) is 12.1. The van der Waals surface area contributed by atoms with E-state index in [2.05, 4.69) is 29.8 Å². The molecule has 1 rings (SSSR count). The molecule has 0 saturated heterocycles. The van der Waals surface area contributed by atoms with E-state index in [4.69, 9.17) is 5.73 Å². The van der Waals surface area contributed by atoms with Crippen LogP contribution in [-0.2, 0) is 0 Å². The molecule has 0 aliphatic carbocycles. The molecule has 0 amide bonds. The largest absolute Gasteiger partial charge is 0.387 e. The highest BCUT2D eigenvalue weighted by atomic mass is 79.9. The average Bonchev–Trinajstić information content (AvgIpc) is 2.23. The fraction of sp³-hybridized carbons (Fsp3) is 0.538. The summed E-state index contributed by atoms with van der Waals surface area (Å²) in [6, 6.07) is -0.252. The van der Waals surface area contributed by atoms with Crippen molar-refractivity contribution in [3.63, 3.8) is 0 Å². The standard InChI is InChI=1S/C13H20BrNO/c1-6-8(3)12(14)9(4)7(2)11(6)13(16)10(5)15/h10,13,16H,15H2,1-5H3/t10-,13-/m1/s1. The fourth-order valence-electron chi connectivity index (χ4n) is 2.00. The minimum absolute atomic E-state index is 0.252. The van der Waals surface area contributed by atoms with E-state index in [-0.39, 0.29) is 6.04 Å². The van der Waals surface area contributed by atoms with Crippen molar-refractivity contribution in [1.82, 2.24) is 0 Å². The van der Waals surface area contributed by atoms with Gasteiger partial charge in [-0.1, -0.05) is 15.9 Å². The number of benzene rings is 1. The lowest BCUT2D eigenvalue weighted by molar-refractivity contribution is 0.152. The smallest absolute Gasteiger partial charge is 0.0943 e. The molecular weight excluding hydrogens is 266 g/mol. The molecular formula is C13H20BrNO. The average molecular weight is 286 g/mol. The molecule has 3 N–H and O–H groups in total. The maximum absolute atomic E-state index is 10.2. The van der Waals surface area contributed by atoms with Crippen LogP contribution in [0.1, 0.15) is 40.8 Å². The lowest BCUT2D eigenvalue weighted by Gasteiger charge is -2.23. The van der Waals surface area contributed by atoms with Crippen molar-refractivity contribution in [2.24, 2.45) is 5.73 Å². The summed E-state index contributed by atoms with van der Waals surface area (Å²) >= 11 is 3.59. The molecule has 0 aliphatic rings. The van der Waals surface area contributed by atoms with Crippen LogP contribution in [0, 0.1) is 27.7 Å². The minimum Gasteiger partial charge on any atom is -0.387 e. The Bertz CT molecular complexity index is 384. The molecule has 2 nitrogen and oxygen atoms in total. The summed E-state index contributed by atoms with van der Waals surface area (Å²) in [7, 11) is 0. The van der Waals surface area contributed by atoms with Crippen LogP contribution in [-0.4, -0.2) is 11.1 Å². The van der Waals surface area contributed by atoms with Crippen molar-refractivity contribution < 1.29 is 5.11 Å². The molecule has 0 radical (unpaired) electrons. The first-order valence-electron chi connectivity index (χ1n) is 5.48. The van der Waals surface area contributed by atoms with Gasteiger partial charge >= 0.3 is 0 Å². The number of rotatable bonds is 2. The van der Waals surface area contributed by atoms with Crippen molar-refractivity contribution >= 4 is 15.9 Å². The highest BCUT2D eigenvalue weighted by Crippen LogP contribution is 2.34. The van der Waals surface area contributed by atoms with Crippen LogP contribution in [0.3, 0.4) is 0 Å². The lowest BCUT2D eigenvalue weighted by atomic mass is 9.89. The first-order valence-corrected chi connectivity index (χ1v) is 6.27. The Balaban J connectivity index is 3.51. The molecule has 3 heteroatoms. The van der Waals surface area contributed by atoms with Gasteiger partial charge in [0.25, 0.3) is 0 Å². The van der Waals surface area contributed by atoms with Gasteiger partial charge in [0.15, 0.2) is 0 Å². The van der Waals surface area contributed by atoms with Crippen molar-refractivity contribution in [2.45, 2.75) is 46.8 Å². The zero-order valence-electron chi connectivity index (χ0n) is 10.6. The van der Waals surface area contributed by atoms with Gasteiger partial charge in [-0.3, -0.25) is 0 Å². The van der Waals surface area contributed by atoms with Gasteiger partial charge in [-0.05, 0) is 62.4 Å². The van der Waals surface area contributed by atoms with Crippen LogP contribution >= 0.6 is 15.9 Å². The van der Waals surface area contributed by atoms with E-state index in [1.165, 1.54) is 11.1 Å². The van der Waals surface area contributed by atoms with Crippen molar-refractivity contribution in [1.29, 1.82) is 0 Å².